The molecule has 1 heterocycles. The lowest BCUT2D eigenvalue weighted by atomic mass is 9.93. The van der Waals surface area contributed by atoms with Crippen molar-refractivity contribution in [1.82, 2.24) is 9.97 Å². The lowest BCUT2D eigenvalue weighted by molar-refractivity contribution is 0.124. The number of nitrogens with zero attached hydrogens (tertiary/aromatic N) is 2. The Kier molecular flexibility index (Phi) is 3.46. The van der Waals surface area contributed by atoms with E-state index in [1.165, 1.54) is 36.9 Å². The van der Waals surface area contributed by atoms with Crippen molar-refractivity contribution in [1.29, 1.82) is 0 Å². The molecule has 1 fully saturated rings. The average Bonchev–Trinajstić information content (AvgIpc) is 2.42. The molecular weight excluding hydrogens is 226 g/mol. The highest BCUT2D eigenvalue weighted by molar-refractivity contribution is 5.31. The SMILES string of the molecule is NC1CCCCC1Oc1ncnc2c1CCCC2. The molecule has 2 aliphatic rings. The predicted octanol–water partition coefficient (Wildman–Crippen LogP) is 2.00. The molecular formula is C14H21N3O. The molecule has 1 aromatic heterocycles. The highest BCUT2D eigenvalue weighted by atomic mass is 16.5. The molecule has 4 heteroatoms. The van der Waals surface area contributed by atoms with Gasteiger partial charge >= 0.3 is 0 Å². The quantitative estimate of drug-likeness (QED) is 0.868. The number of ether oxygens (including phenoxy) is 1. The van der Waals surface area contributed by atoms with Gasteiger partial charge in [-0.3, -0.25) is 0 Å². The zero-order valence-corrected chi connectivity index (χ0v) is 10.8. The van der Waals surface area contributed by atoms with Crippen LogP contribution in [0.15, 0.2) is 6.33 Å². The van der Waals surface area contributed by atoms with Crippen LogP contribution in [-0.2, 0) is 12.8 Å². The number of hydrogen-bond acceptors (Lipinski definition) is 4. The van der Waals surface area contributed by atoms with E-state index in [4.69, 9.17) is 10.5 Å². The molecule has 0 amide bonds. The van der Waals surface area contributed by atoms with E-state index in [9.17, 15) is 0 Å². The maximum Gasteiger partial charge on any atom is 0.220 e. The van der Waals surface area contributed by atoms with Crippen molar-refractivity contribution in [3.05, 3.63) is 17.6 Å². The van der Waals surface area contributed by atoms with E-state index < -0.39 is 0 Å². The zero-order valence-electron chi connectivity index (χ0n) is 10.8. The van der Waals surface area contributed by atoms with Gasteiger partial charge in [-0.1, -0.05) is 6.42 Å². The van der Waals surface area contributed by atoms with E-state index in [0.717, 1.165) is 31.6 Å². The van der Waals surface area contributed by atoms with Crippen molar-refractivity contribution in [2.75, 3.05) is 0 Å². The van der Waals surface area contributed by atoms with Crippen LogP contribution in [-0.4, -0.2) is 22.1 Å². The molecule has 0 radical (unpaired) electrons. The van der Waals surface area contributed by atoms with Crippen LogP contribution in [0, 0.1) is 0 Å². The second kappa shape index (κ2) is 5.22. The Labute approximate surface area is 108 Å². The van der Waals surface area contributed by atoms with Crippen molar-refractivity contribution in [2.24, 2.45) is 5.73 Å². The molecule has 0 aromatic carbocycles. The first-order valence-corrected chi connectivity index (χ1v) is 7.09. The number of aromatic nitrogens is 2. The van der Waals surface area contributed by atoms with Crippen molar-refractivity contribution >= 4 is 0 Å². The van der Waals surface area contributed by atoms with Crippen LogP contribution in [0.2, 0.25) is 0 Å². The Morgan fingerprint density at radius 2 is 1.89 bits per heavy atom. The average molecular weight is 247 g/mol. The van der Waals surface area contributed by atoms with Gasteiger partial charge in [-0.15, -0.1) is 0 Å². The summed E-state index contributed by atoms with van der Waals surface area (Å²) < 4.78 is 6.09. The Hall–Kier alpha value is -1.16. The van der Waals surface area contributed by atoms with Crippen LogP contribution in [0.5, 0.6) is 5.88 Å². The van der Waals surface area contributed by atoms with Crippen LogP contribution in [0.4, 0.5) is 0 Å². The van der Waals surface area contributed by atoms with Crippen molar-refractivity contribution in [2.45, 2.75) is 63.5 Å². The molecule has 0 spiro atoms. The maximum absolute atomic E-state index is 6.13. The van der Waals surface area contributed by atoms with Crippen molar-refractivity contribution in [3.63, 3.8) is 0 Å². The minimum atomic E-state index is 0.139. The molecule has 1 saturated carbocycles. The van der Waals surface area contributed by atoms with Gasteiger partial charge in [0.2, 0.25) is 5.88 Å². The Balaban J connectivity index is 1.79. The Morgan fingerprint density at radius 3 is 2.78 bits per heavy atom. The normalized spacial score (nSPS) is 27.6. The van der Waals surface area contributed by atoms with Crippen molar-refractivity contribution in [3.8, 4) is 5.88 Å². The smallest absolute Gasteiger partial charge is 0.220 e. The summed E-state index contributed by atoms with van der Waals surface area (Å²) in [6, 6.07) is 0.160. The van der Waals surface area contributed by atoms with Gasteiger partial charge in [0, 0.05) is 11.6 Å². The molecule has 4 nitrogen and oxygen atoms in total. The second-order valence-corrected chi connectivity index (χ2v) is 5.42. The minimum Gasteiger partial charge on any atom is -0.472 e. The molecule has 2 atom stereocenters. The summed E-state index contributed by atoms with van der Waals surface area (Å²) in [6.45, 7) is 0. The molecule has 98 valence electrons. The number of rotatable bonds is 2. The van der Waals surface area contributed by atoms with Crippen LogP contribution >= 0.6 is 0 Å². The maximum atomic E-state index is 6.13. The molecule has 0 saturated heterocycles. The highest BCUT2D eigenvalue weighted by Gasteiger charge is 2.26. The van der Waals surface area contributed by atoms with Gasteiger partial charge in [0.15, 0.2) is 0 Å². The van der Waals surface area contributed by atoms with Crippen LogP contribution in [0.25, 0.3) is 0 Å². The van der Waals surface area contributed by atoms with Gasteiger partial charge < -0.3 is 10.5 Å². The van der Waals surface area contributed by atoms with Gasteiger partial charge in [0.1, 0.15) is 12.4 Å². The van der Waals surface area contributed by atoms with E-state index >= 15 is 0 Å². The summed E-state index contributed by atoms with van der Waals surface area (Å²) >= 11 is 0. The summed E-state index contributed by atoms with van der Waals surface area (Å²) in [5, 5.41) is 0. The third-order valence-electron chi connectivity index (χ3n) is 4.10. The van der Waals surface area contributed by atoms with E-state index in [1.54, 1.807) is 6.33 Å². The molecule has 2 unspecified atom stereocenters. The third kappa shape index (κ3) is 2.34. The van der Waals surface area contributed by atoms with Crippen LogP contribution in [0.1, 0.15) is 49.8 Å². The molecule has 0 aliphatic heterocycles. The first-order valence-electron chi connectivity index (χ1n) is 7.09. The molecule has 1 aromatic rings. The lowest BCUT2D eigenvalue weighted by Crippen LogP contribution is -2.41. The molecule has 2 aliphatic carbocycles. The predicted molar refractivity (Wildman–Crippen MR) is 69.5 cm³/mol. The standard InChI is InChI=1S/C14H21N3O/c15-11-6-2-4-8-13(11)18-14-10-5-1-3-7-12(10)16-9-17-14/h9,11,13H,1-8,15H2. The number of aryl methyl sites for hydroxylation is 1. The topological polar surface area (TPSA) is 61.0 Å². The highest BCUT2D eigenvalue weighted by Crippen LogP contribution is 2.29. The summed E-state index contributed by atoms with van der Waals surface area (Å²) in [5.74, 6) is 0.794. The lowest BCUT2D eigenvalue weighted by Gasteiger charge is -2.29. The van der Waals surface area contributed by atoms with Crippen LogP contribution < -0.4 is 10.5 Å². The first kappa shape index (κ1) is 11.9. The van der Waals surface area contributed by atoms with Crippen LogP contribution in [0.3, 0.4) is 0 Å². The van der Waals surface area contributed by atoms with Gasteiger partial charge in [-0.2, -0.15) is 0 Å². The summed E-state index contributed by atoms with van der Waals surface area (Å²) in [7, 11) is 0. The first-order chi connectivity index (χ1) is 8.84. The van der Waals surface area contributed by atoms with Gasteiger partial charge in [-0.05, 0) is 44.9 Å². The number of nitrogens with two attached hydrogens (primary N) is 1. The minimum absolute atomic E-state index is 0.139. The Morgan fingerprint density at radius 1 is 1.06 bits per heavy atom. The largest absolute Gasteiger partial charge is 0.472 e. The fourth-order valence-corrected chi connectivity index (χ4v) is 3.01. The number of fused-ring (bicyclic) bond motifs is 1. The Bertz CT molecular complexity index is 422. The van der Waals surface area contributed by atoms with Gasteiger partial charge in [-0.25, -0.2) is 9.97 Å². The van der Waals surface area contributed by atoms with E-state index in [2.05, 4.69) is 9.97 Å². The summed E-state index contributed by atoms with van der Waals surface area (Å²) in [5.41, 5.74) is 8.53. The zero-order chi connectivity index (χ0) is 12.4. The fraction of sp³-hybridized carbons (Fsp3) is 0.714. The monoisotopic (exact) mass is 247 g/mol. The number of hydrogen-bond donors (Lipinski definition) is 1. The van der Waals surface area contributed by atoms with Gasteiger partial charge in [0.25, 0.3) is 0 Å². The summed E-state index contributed by atoms with van der Waals surface area (Å²) in [6.07, 6.45) is 10.9. The van der Waals surface area contributed by atoms with E-state index in [0.29, 0.717) is 0 Å². The van der Waals surface area contributed by atoms with E-state index in [1.807, 2.05) is 0 Å². The molecule has 0 bridgehead atoms. The second-order valence-electron chi connectivity index (χ2n) is 5.42. The molecule has 3 rings (SSSR count). The molecule has 2 N–H and O–H groups in total. The third-order valence-corrected chi connectivity index (χ3v) is 4.10. The van der Waals surface area contributed by atoms with E-state index in [-0.39, 0.29) is 12.1 Å². The summed E-state index contributed by atoms with van der Waals surface area (Å²) in [4.78, 5) is 8.70. The van der Waals surface area contributed by atoms with Crippen molar-refractivity contribution < 1.29 is 4.74 Å². The molecule has 18 heavy (non-hydrogen) atoms. The fourth-order valence-electron chi connectivity index (χ4n) is 3.01. The van der Waals surface area contributed by atoms with Gasteiger partial charge in [0.05, 0.1) is 5.69 Å².